The van der Waals surface area contributed by atoms with Crippen molar-refractivity contribution < 1.29 is 14.2 Å². The Bertz CT molecular complexity index is 670. The maximum absolute atomic E-state index is 6.47. The molecule has 1 aliphatic carbocycles. The Balaban J connectivity index is 1.90. The second kappa shape index (κ2) is 7.87. The van der Waals surface area contributed by atoms with Gasteiger partial charge in [-0.25, -0.2) is 0 Å². The molecule has 158 valence electrons. The summed E-state index contributed by atoms with van der Waals surface area (Å²) in [5, 5.41) is 0. The van der Waals surface area contributed by atoms with Crippen LogP contribution in [0.3, 0.4) is 0 Å². The molecule has 1 aromatic carbocycles. The predicted octanol–water partition coefficient (Wildman–Crippen LogP) is 5.52. The molecule has 4 nitrogen and oxygen atoms in total. The van der Waals surface area contributed by atoms with Crippen LogP contribution in [0.1, 0.15) is 60.8 Å². The van der Waals surface area contributed by atoms with Crippen molar-refractivity contribution in [1.82, 2.24) is 0 Å². The first-order valence-electron chi connectivity index (χ1n) is 11.0. The van der Waals surface area contributed by atoms with Crippen molar-refractivity contribution in [2.75, 3.05) is 25.6 Å². The number of ether oxygens (including phenoxy) is 3. The van der Waals surface area contributed by atoms with Gasteiger partial charge in [0.25, 0.3) is 0 Å². The average Bonchev–Trinajstić information content (AvgIpc) is 2.68. The third-order valence-electron chi connectivity index (χ3n) is 8.01. The minimum absolute atomic E-state index is 0.0594. The highest BCUT2D eigenvalue weighted by Gasteiger charge is 2.62. The monoisotopic (exact) mass is 389 g/mol. The van der Waals surface area contributed by atoms with Crippen LogP contribution in [0.4, 0.5) is 5.69 Å². The van der Waals surface area contributed by atoms with Crippen LogP contribution in [0.5, 0.6) is 5.75 Å². The fourth-order valence-corrected chi connectivity index (χ4v) is 5.55. The van der Waals surface area contributed by atoms with E-state index in [1.807, 2.05) is 24.3 Å². The van der Waals surface area contributed by atoms with E-state index in [4.69, 9.17) is 19.9 Å². The number of nitrogens with two attached hydrogens (primary N) is 1. The average molecular weight is 390 g/mol. The molecule has 1 saturated heterocycles. The fraction of sp³-hybridized carbons (Fsp3) is 0.750. The Labute approximate surface area is 171 Å². The van der Waals surface area contributed by atoms with Crippen LogP contribution >= 0.6 is 0 Å². The first kappa shape index (κ1) is 21.4. The minimum Gasteiger partial charge on any atom is -0.493 e. The molecule has 1 aliphatic heterocycles. The van der Waals surface area contributed by atoms with E-state index in [1.54, 1.807) is 0 Å². The molecule has 2 fully saturated rings. The summed E-state index contributed by atoms with van der Waals surface area (Å²) in [6.45, 7) is 16.2. The van der Waals surface area contributed by atoms with E-state index < -0.39 is 5.79 Å². The zero-order valence-corrected chi connectivity index (χ0v) is 18.6. The Morgan fingerprint density at radius 1 is 1.11 bits per heavy atom. The molecule has 0 radical (unpaired) electrons. The summed E-state index contributed by atoms with van der Waals surface area (Å²) < 4.78 is 19.2. The van der Waals surface area contributed by atoms with E-state index in [-0.39, 0.29) is 10.8 Å². The number of hydrogen-bond donors (Lipinski definition) is 1. The van der Waals surface area contributed by atoms with Crippen LogP contribution in [0.25, 0.3) is 0 Å². The summed E-state index contributed by atoms with van der Waals surface area (Å²) in [5.41, 5.74) is 6.82. The molecule has 4 atom stereocenters. The number of hydrogen-bond acceptors (Lipinski definition) is 4. The van der Waals surface area contributed by atoms with Crippen molar-refractivity contribution in [3.8, 4) is 5.75 Å². The summed E-state index contributed by atoms with van der Waals surface area (Å²) >= 11 is 0. The van der Waals surface area contributed by atoms with Gasteiger partial charge in [0.15, 0.2) is 5.79 Å². The van der Waals surface area contributed by atoms with Crippen LogP contribution in [0.15, 0.2) is 24.3 Å². The number of rotatable bonds is 5. The lowest BCUT2D eigenvalue weighted by molar-refractivity contribution is -0.359. The molecule has 3 rings (SSSR count). The predicted molar refractivity (Wildman–Crippen MR) is 114 cm³/mol. The van der Waals surface area contributed by atoms with Crippen molar-refractivity contribution in [2.45, 2.75) is 66.6 Å². The van der Waals surface area contributed by atoms with Crippen LogP contribution < -0.4 is 10.5 Å². The van der Waals surface area contributed by atoms with E-state index in [0.29, 0.717) is 24.4 Å². The number of benzene rings is 1. The molecular weight excluding hydrogens is 350 g/mol. The van der Waals surface area contributed by atoms with Gasteiger partial charge >= 0.3 is 0 Å². The SMILES string of the molecule is CCC1(C)CC2(OCC(C)CO2)C(C)C(C)(CC)C1COc1cccc(N)c1. The smallest absolute Gasteiger partial charge is 0.171 e. The molecule has 28 heavy (non-hydrogen) atoms. The molecular formula is C24H39NO3. The van der Waals surface area contributed by atoms with Crippen molar-refractivity contribution in [3.63, 3.8) is 0 Å². The van der Waals surface area contributed by atoms with Gasteiger partial charge in [0.1, 0.15) is 5.75 Å². The second-order valence-corrected chi connectivity index (χ2v) is 9.74. The Morgan fingerprint density at radius 3 is 2.36 bits per heavy atom. The molecule has 1 spiro atoms. The summed E-state index contributed by atoms with van der Waals surface area (Å²) in [7, 11) is 0. The molecule has 1 saturated carbocycles. The molecule has 2 aliphatic rings. The maximum atomic E-state index is 6.47. The van der Waals surface area contributed by atoms with Gasteiger partial charge in [0, 0.05) is 35.9 Å². The number of nitrogen functional groups attached to an aromatic ring is 1. The summed E-state index contributed by atoms with van der Waals surface area (Å²) in [4.78, 5) is 0. The second-order valence-electron chi connectivity index (χ2n) is 9.74. The van der Waals surface area contributed by atoms with Crippen LogP contribution in [-0.4, -0.2) is 25.6 Å². The fourth-order valence-electron chi connectivity index (χ4n) is 5.55. The molecule has 0 amide bonds. The highest BCUT2D eigenvalue weighted by atomic mass is 16.7. The van der Waals surface area contributed by atoms with Gasteiger partial charge in [0.2, 0.25) is 0 Å². The van der Waals surface area contributed by atoms with Crippen molar-refractivity contribution in [1.29, 1.82) is 0 Å². The van der Waals surface area contributed by atoms with Crippen molar-refractivity contribution in [2.24, 2.45) is 28.6 Å². The van der Waals surface area contributed by atoms with E-state index in [0.717, 1.165) is 43.9 Å². The van der Waals surface area contributed by atoms with Crippen LogP contribution in [0, 0.1) is 28.6 Å². The largest absolute Gasteiger partial charge is 0.493 e. The topological polar surface area (TPSA) is 53.7 Å². The van der Waals surface area contributed by atoms with Crippen LogP contribution in [0.2, 0.25) is 0 Å². The van der Waals surface area contributed by atoms with E-state index in [1.165, 1.54) is 0 Å². The highest BCUT2D eigenvalue weighted by molar-refractivity contribution is 5.43. The third-order valence-corrected chi connectivity index (χ3v) is 8.01. The highest BCUT2D eigenvalue weighted by Crippen LogP contribution is 2.62. The summed E-state index contributed by atoms with van der Waals surface area (Å²) in [5.74, 6) is 1.54. The quantitative estimate of drug-likeness (QED) is 0.674. The van der Waals surface area contributed by atoms with Gasteiger partial charge in [-0.2, -0.15) is 0 Å². The first-order valence-corrected chi connectivity index (χ1v) is 11.0. The molecule has 2 N–H and O–H groups in total. The third kappa shape index (κ3) is 3.66. The lowest BCUT2D eigenvalue weighted by atomic mass is 9.48. The van der Waals surface area contributed by atoms with E-state index >= 15 is 0 Å². The Kier molecular flexibility index (Phi) is 6.03. The lowest BCUT2D eigenvalue weighted by Gasteiger charge is -2.62. The molecule has 1 aromatic rings. The lowest BCUT2D eigenvalue weighted by Crippen LogP contribution is -2.64. The van der Waals surface area contributed by atoms with Gasteiger partial charge in [0.05, 0.1) is 19.8 Å². The standard InChI is InChI=1S/C24H39NO3/c1-7-22(5)16-24(27-13-17(3)14-28-24)18(4)23(6,8-2)21(22)15-26-20-11-9-10-19(25)12-20/h9-12,17-18,21H,7-8,13-16,25H2,1-6H3. The summed E-state index contributed by atoms with van der Waals surface area (Å²) in [6, 6.07) is 7.75. The van der Waals surface area contributed by atoms with Gasteiger partial charge in [-0.3, -0.25) is 0 Å². The van der Waals surface area contributed by atoms with Crippen molar-refractivity contribution >= 4 is 5.69 Å². The van der Waals surface area contributed by atoms with Gasteiger partial charge in [-0.15, -0.1) is 0 Å². The zero-order chi connectivity index (χ0) is 20.6. The molecule has 4 unspecified atom stereocenters. The van der Waals surface area contributed by atoms with E-state index in [9.17, 15) is 0 Å². The van der Waals surface area contributed by atoms with Gasteiger partial charge in [-0.1, -0.05) is 54.0 Å². The Hall–Kier alpha value is -1.26. The maximum Gasteiger partial charge on any atom is 0.171 e. The Morgan fingerprint density at radius 2 is 1.79 bits per heavy atom. The minimum atomic E-state index is -0.476. The number of anilines is 1. The van der Waals surface area contributed by atoms with Crippen LogP contribution in [-0.2, 0) is 9.47 Å². The molecule has 0 bridgehead atoms. The first-order chi connectivity index (χ1) is 13.2. The van der Waals surface area contributed by atoms with Crippen molar-refractivity contribution in [3.05, 3.63) is 24.3 Å². The molecule has 0 aromatic heterocycles. The molecule has 4 heteroatoms. The molecule has 1 heterocycles. The normalized spacial score (nSPS) is 41.1. The van der Waals surface area contributed by atoms with Gasteiger partial charge < -0.3 is 19.9 Å². The zero-order valence-electron chi connectivity index (χ0n) is 18.6. The van der Waals surface area contributed by atoms with E-state index in [2.05, 4.69) is 41.5 Å². The van der Waals surface area contributed by atoms with Gasteiger partial charge in [-0.05, 0) is 29.4 Å². The summed E-state index contributed by atoms with van der Waals surface area (Å²) in [6.07, 6.45) is 3.06.